The Balaban J connectivity index is 1.79. The lowest BCUT2D eigenvalue weighted by Crippen LogP contribution is -2.45. The van der Waals surface area contributed by atoms with Gasteiger partial charge in [0.25, 0.3) is 10.2 Å². The molecule has 2 saturated heterocycles. The third-order valence-electron chi connectivity index (χ3n) is 5.42. The van der Waals surface area contributed by atoms with E-state index in [0.29, 0.717) is 0 Å². The van der Waals surface area contributed by atoms with Crippen molar-refractivity contribution in [1.29, 1.82) is 0 Å². The van der Waals surface area contributed by atoms with E-state index in [4.69, 9.17) is 0 Å². The molecule has 26 heavy (non-hydrogen) atoms. The monoisotopic (exact) mass is 381 g/mol. The molecule has 9 heteroatoms. The highest BCUT2D eigenvalue weighted by Crippen LogP contribution is 2.44. The van der Waals surface area contributed by atoms with Gasteiger partial charge in [0, 0.05) is 52.6 Å². The summed E-state index contributed by atoms with van der Waals surface area (Å²) >= 11 is 0. The van der Waals surface area contributed by atoms with Crippen molar-refractivity contribution < 1.29 is 23.1 Å². The van der Waals surface area contributed by atoms with Crippen LogP contribution in [0.2, 0.25) is 0 Å². The van der Waals surface area contributed by atoms with Crippen LogP contribution < -0.4 is 0 Å². The zero-order valence-corrected chi connectivity index (χ0v) is 15.6. The molecule has 0 unspecified atom stereocenters. The molecule has 3 rings (SSSR count). The maximum Gasteiger partial charge on any atom is 0.313 e. The highest BCUT2D eigenvalue weighted by atomic mass is 32.2. The van der Waals surface area contributed by atoms with E-state index in [9.17, 15) is 23.1 Å². The summed E-state index contributed by atoms with van der Waals surface area (Å²) in [7, 11) is -2.30. The Labute approximate surface area is 153 Å². The van der Waals surface area contributed by atoms with Crippen LogP contribution in [0.1, 0.15) is 12.5 Å². The minimum atomic E-state index is -3.79. The van der Waals surface area contributed by atoms with E-state index in [1.165, 1.54) is 27.5 Å². The summed E-state index contributed by atoms with van der Waals surface area (Å²) in [6.07, 6.45) is 0. The van der Waals surface area contributed by atoms with Gasteiger partial charge < -0.3 is 10.0 Å². The van der Waals surface area contributed by atoms with Crippen LogP contribution in [0.5, 0.6) is 0 Å². The molecule has 2 aliphatic rings. The highest BCUT2D eigenvalue weighted by molar-refractivity contribution is 7.86. The Morgan fingerprint density at radius 3 is 2.42 bits per heavy atom. The predicted molar refractivity (Wildman–Crippen MR) is 94.2 cm³/mol. The SMILES string of the molecule is CC(=O)N1C[C@@H]2CN(S(=O)(=O)N(C)Cc3ccccc3)C[C@]2(C(=O)O)C1. The number of carboxylic acid groups (broad SMARTS) is 1. The van der Waals surface area contributed by atoms with Crippen molar-refractivity contribution in [3.63, 3.8) is 0 Å². The number of amides is 1. The van der Waals surface area contributed by atoms with Crippen LogP contribution in [0.15, 0.2) is 30.3 Å². The average molecular weight is 381 g/mol. The number of hydrogen-bond acceptors (Lipinski definition) is 4. The van der Waals surface area contributed by atoms with Crippen LogP contribution in [-0.2, 0) is 26.3 Å². The fourth-order valence-electron chi connectivity index (χ4n) is 3.86. The first-order valence-corrected chi connectivity index (χ1v) is 9.81. The molecule has 0 aliphatic carbocycles. The van der Waals surface area contributed by atoms with E-state index in [1.54, 1.807) is 0 Å². The van der Waals surface area contributed by atoms with Gasteiger partial charge >= 0.3 is 5.97 Å². The number of likely N-dealkylation sites (tertiary alicyclic amines) is 1. The summed E-state index contributed by atoms with van der Waals surface area (Å²) in [6.45, 7) is 1.94. The van der Waals surface area contributed by atoms with Gasteiger partial charge in [0.05, 0.1) is 0 Å². The van der Waals surface area contributed by atoms with E-state index < -0.39 is 27.5 Å². The number of nitrogens with zero attached hydrogens (tertiary/aromatic N) is 3. The van der Waals surface area contributed by atoms with E-state index >= 15 is 0 Å². The number of aliphatic carboxylic acids is 1. The van der Waals surface area contributed by atoms with Crippen molar-refractivity contribution in [2.75, 3.05) is 33.2 Å². The van der Waals surface area contributed by atoms with Gasteiger partial charge in [0.15, 0.2) is 0 Å². The van der Waals surface area contributed by atoms with Gasteiger partial charge in [-0.3, -0.25) is 9.59 Å². The van der Waals surface area contributed by atoms with E-state index in [0.717, 1.165) is 5.56 Å². The predicted octanol–water partition coefficient (Wildman–Crippen LogP) is 0.228. The molecule has 1 N–H and O–H groups in total. The van der Waals surface area contributed by atoms with E-state index in [2.05, 4.69) is 0 Å². The smallest absolute Gasteiger partial charge is 0.313 e. The molecule has 8 nitrogen and oxygen atoms in total. The zero-order chi connectivity index (χ0) is 19.1. The molecule has 1 aromatic carbocycles. The zero-order valence-electron chi connectivity index (χ0n) is 14.8. The minimum absolute atomic E-state index is 0.0523. The normalized spacial score (nSPS) is 26.3. The molecular weight excluding hydrogens is 358 g/mol. The van der Waals surface area contributed by atoms with Crippen molar-refractivity contribution in [3.05, 3.63) is 35.9 Å². The summed E-state index contributed by atoms with van der Waals surface area (Å²) in [4.78, 5) is 25.1. The van der Waals surface area contributed by atoms with Crippen LogP contribution in [0.25, 0.3) is 0 Å². The Bertz CT molecular complexity index is 813. The van der Waals surface area contributed by atoms with Crippen molar-refractivity contribution in [2.45, 2.75) is 13.5 Å². The van der Waals surface area contributed by atoms with Crippen LogP contribution in [0.4, 0.5) is 0 Å². The highest BCUT2D eigenvalue weighted by Gasteiger charge is 2.60. The second-order valence-corrected chi connectivity index (χ2v) is 9.14. The van der Waals surface area contributed by atoms with Crippen molar-refractivity contribution in [2.24, 2.45) is 11.3 Å². The Hall–Kier alpha value is -1.97. The van der Waals surface area contributed by atoms with Crippen molar-refractivity contribution in [3.8, 4) is 0 Å². The first kappa shape index (κ1) is 18.8. The molecule has 2 aliphatic heterocycles. The lowest BCUT2D eigenvalue weighted by molar-refractivity contribution is -0.148. The third-order valence-corrected chi connectivity index (χ3v) is 7.26. The van der Waals surface area contributed by atoms with Gasteiger partial charge in [-0.1, -0.05) is 30.3 Å². The Morgan fingerprint density at radius 2 is 1.88 bits per heavy atom. The second kappa shape index (κ2) is 6.64. The first-order chi connectivity index (χ1) is 12.2. The quantitative estimate of drug-likeness (QED) is 0.787. The van der Waals surface area contributed by atoms with Gasteiger partial charge in [0.1, 0.15) is 5.41 Å². The molecule has 2 fully saturated rings. The van der Waals surface area contributed by atoms with Gasteiger partial charge in [-0.05, 0) is 5.56 Å². The number of benzene rings is 1. The number of rotatable bonds is 5. The van der Waals surface area contributed by atoms with E-state index in [-0.39, 0.29) is 38.6 Å². The molecule has 0 saturated carbocycles. The number of fused-ring (bicyclic) bond motifs is 1. The third kappa shape index (κ3) is 3.10. The van der Waals surface area contributed by atoms with Crippen LogP contribution >= 0.6 is 0 Å². The van der Waals surface area contributed by atoms with Gasteiger partial charge in [-0.2, -0.15) is 17.0 Å². The van der Waals surface area contributed by atoms with Gasteiger partial charge in [0.2, 0.25) is 5.91 Å². The summed E-state index contributed by atoms with van der Waals surface area (Å²) in [5.74, 6) is -1.63. The maximum absolute atomic E-state index is 12.9. The lowest BCUT2D eigenvalue weighted by atomic mass is 9.81. The number of hydrogen-bond donors (Lipinski definition) is 1. The van der Waals surface area contributed by atoms with Crippen LogP contribution in [0.3, 0.4) is 0 Å². The first-order valence-electron chi connectivity index (χ1n) is 8.41. The van der Waals surface area contributed by atoms with Crippen LogP contribution in [-0.4, -0.2) is 72.1 Å². The van der Waals surface area contributed by atoms with Crippen molar-refractivity contribution in [1.82, 2.24) is 13.5 Å². The summed E-state index contributed by atoms with van der Waals surface area (Å²) in [5.41, 5.74) is -0.375. The van der Waals surface area contributed by atoms with Crippen LogP contribution in [0, 0.1) is 11.3 Å². The largest absolute Gasteiger partial charge is 0.481 e. The Morgan fingerprint density at radius 1 is 1.23 bits per heavy atom. The molecule has 2 heterocycles. The standard InChI is InChI=1S/C17H23N3O5S/c1-13(21)19-9-15-10-20(12-17(15,11-19)16(22)23)26(24,25)18(2)8-14-6-4-3-5-7-14/h3-7,15H,8-12H2,1-2H3,(H,22,23)/t15-,17-/m1/s1. The molecule has 0 spiro atoms. The van der Waals surface area contributed by atoms with Gasteiger partial charge in [-0.25, -0.2) is 0 Å². The molecule has 142 valence electrons. The maximum atomic E-state index is 12.9. The average Bonchev–Trinajstić information content (AvgIpc) is 3.11. The fraction of sp³-hybridized carbons (Fsp3) is 0.529. The second-order valence-electron chi connectivity index (χ2n) is 7.10. The Kier molecular flexibility index (Phi) is 4.80. The fourth-order valence-corrected chi connectivity index (χ4v) is 5.32. The molecule has 1 amide bonds. The summed E-state index contributed by atoms with van der Waals surface area (Å²) in [5, 5.41) is 9.76. The minimum Gasteiger partial charge on any atom is -0.481 e. The van der Waals surface area contributed by atoms with E-state index in [1.807, 2.05) is 30.3 Å². The summed E-state index contributed by atoms with van der Waals surface area (Å²) in [6, 6.07) is 9.22. The number of carboxylic acids is 1. The molecule has 0 radical (unpaired) electrons. The molecule has 2 atom stereocenters. The molecule has 0 aromatic heterocycles. The molecule has 0 bridgehead atoms. The molecule has 1 aromatic rings. The molecular formula is C17H23N3O5S. The number of carbonyl (C=O) groups excluding carboxylic acids is 1. The summed E-state index contributed by atoms with van der Waals surface area (Å²) < 4.78 is 28.3. The lowest BCUT2D eigenvalue weighted by Gasteiger charge is -2.27. The van der Waals surface area contributed by atoms with Gasteiger partial charge in [-0.15, -0.1) is 0 Å². The topological polar surface area (TPSA) is 98.2 Å². The van der Waals surface area contributed by atoms with Crippen molar-refractivity contribution >= 4 is 22.1 Å². The number of carbonyl (C=O) groups is 2.